The highest BCUT2D eigenvalue weighted by Gasteiger charge is 2.67. The Morgan fingerprint density at radius 1 is 1.11 bits per heavy atom. The van der Waals surface area contributed by atoms with Crippen LogP contribution in [0, 0.1) is 30.5 Å². The molecule has 56 heavy (non-hydrogen) atoms. The zero-order valence-electron chi connectivity index (χ0n) is 31.0. The Kier molecular flexibility index (Phi) is 9.95. The number of alkyl halides is 4. The maximum atomic E-state index is 15.4. The lowest BCUT2D eigenvalue weighted by Gasteiger charge is -2.22. The predicted molar refractivity (Wildman–Crippen MR) is 200 cm³/mol. The quantitative estimate of drug-likeness (QED) is 0.107. The van der Waals surface area contributed by atoms with Crippen LogP contribution in [-0.2, 0) is 46.3 Å². The second kappa shape index (κ2) is 14.1. The summed E-state index contributed by atoms with van der Waals surface area (Å²) in [5.41, 5.74) is 0.207. The SMILES string of the molecule is Cc1cc(F)cc(C[C@H](CC(=O)Cn2nc(C(F)F)c3c2C(F)(F)[C@@H]2C[C@H]32)c2nc(C#CC(C)(C)O)ccc2-c2ccc(Cl)c3c(CS(C)(=O)=O)nn(C)c23)c1. The minimum atomic E-state index is -3.54. The van der Waals surface area contributed by atoms with Crippen molar-refractivity contribution in [3.05, 3.63) is 98.5 Å². The first-order valence-electron chi connectivity index (χ1n) is 17.7. The number of aliphatic hydroxyl groups is 1. The number of carbonyl (C=O) groups is 1. The van der Waals surface area contributed by atoms with Crippen LogP contribution in [0.5, 0.6) is 0 Å². The third-order valence-electron chi connectivity index (χ3n) is 10.1. The predicted octanol–water partition coefficient (Wildman–Crippen LogP) is 7.73. The molecule has 9 nitrogen and oxygen atoms in total. The van der Waals surface area contributed by atoms with E-state index in [1.165, 1.54) is 30.7 Å². The van der Waals surface area contributed by atoms with E-state index in [1.54, 1.807) is 44.3 Å². The van der Waals surface area contributed by atoms with E-state index in [-0.39, 0.29) is 46.9 Å². The molecule has 3 aromatic heterocycles. The van der Waals surface area contributed by atoms with E-state index < -0.39 is 80.8 Å². The van der Waals surface area contributed by atoms with Crippen molar-refractivity contribution in [2.24, 2.45) is 13.0 Å². The minimum absolute atomic E-state index is 0.0218. The number of carbonyl (C=O) groups excluding carboxylic acids is 1. The second-order valence-corrected chi connectivity index (χ2v) is 17.9. The first kappa shape index (κ1) is 39.6. The van der Waals surface area contributed by atoms with Crippen LogP contribution >= 0.6 is 11.6 Å². The molecule has 0 bridgehead atoms. The molecular formula is C40H37ClF5N5O4S. The van der Waals surface area contributed by atoms with Crippen LogP contribution in [0.1, 0.15) is 90.1 Å². The molecule has 3 heterocycles. The molecule has 0 unspecified atom stereocenters. The summed E-state index contributed by atoms with van der Waals surface area (Å²) in [6.07, 6.45) is -2.31. The van der Waals surface area contributed by atoms with E-state index in [0.717, 1.165) is 6.26 Å². The largest absolute Gasteiger partial charge is 0.378 e. The maximum Gasteiger partial charge on any atom is 0.293 e. The molecule has 3 atom stereocenters. The number of aryl methyl sites for hydroxylation is 2. The van der Waals surface area contributed by atoms with Crippen LogP contribution < -0.4 is 0 Å². The molecule has 0 aliphatic heterocycles. The molecule has 1 saturated carbocycles. The standard InChI is InChI=1S/C40H37ClF5N5O4S/c1-20-12-21(15-23(42)13-20)14-22(16-25(52)18-51-37-32(35(49-51)38(43)44)28-17-29(28)40(37,45)46)34-26(7-6-24(47-34)10-11-39(2,3)53)27-8-9-30(41)33-31(19-56(5,54)55)48-50(4)36(27)33/h6-9,12-13,15,22,28-29,38,53H,14,16-19H2,1-5H3/t22-,28+,29-/m1/s1. The lowest BCUT2D eigenvalue weighted by molar-refractivity contribution is -0.120. The van der Waals surface area contributed by atoms with Gasteiger partial charge in [0.2, 0.25) is 0 Å². The van der Waals surface area contributed by atoms with Gasteiger partial charge in [-0.05, 0) is 86.9 Å². The lowest BCUT2D eigenvalue weighted by Crippen LogP contribution is -2.24. The van der Waals surface area contributed by atoms with Crippen LogP contribution in [0.4, 0.5) is 22.0 Å². The topological polar surface area (TPSA) is 120 Å². The van der Waals surface area contributed by atoms with Crippen molar-refractivity contribution < 1.29 is 40.3 Å². The Balaban J connectivity index is 1.39. The number of hydrogen-bond donors (Lipinski definition) is 1. The maximum absolute atomic E-state index is 15.4. The van der Waals surface area contributed by atoms with Crippen molar-refractivity contribution in [3.63, 3.8) is 0 Å². The first-order chi connectivity index (χ1) is 26.1. The number of aromatic nitrogens is 5. The normalized spacial score (nSPS) is 17.8. The summed E-state index contributed by atoms with van der Waals surface area (Å²) in [4.78, 5) is 19.0. The fourth-order valence-electron chi connectivity index (χ4n) is 7.89. The van der Waals surface area contributed by atoms with Gasteiger partial charge in [-0.15, -0.1) is 0 Å². The first-order valence-corrected chi connectivity index (χ1v) is 20.2. The zero-order valence-corrected chi connectivity index (χ0v) is 32.5. The number of ketones is 1. The molecule has 2 aliphatic carbocycles. The third kappa shape index (κ3) is 7.71. The highest BCUT2D eigenvalue weighted by molar-refractivity contribution is 7.89. The number of nitrogens with zero attached hydrogens (tertiary/aromatic N) is 5. The van der Waals surface area contributed by atoms with Gasteiger partial charge in [0.05, 0.1) is 27.7 Å². The van der Waals surface area contributed by atoms with Gasteiger partial charge in [0.25, 0.3) is 12.3 Å². The van der Waals surface area contributed by atoms with Gasteiger partial charge in [0.15, 0.2) is 15.6 Å². The van der Waals surface area contributed by atoms with E-state index >= 15 is 8.78 Å². The van der Waals surface area contributed by atoms with Gasteiger partial charge in [0, 0.05) is 53.6 Å². The van der Waals surface area contributed by atoms with Crippen LogP contribution in [0.3, 0.4) is 0 Å². The number of benzene rings is 2. The van der Waals surface area contributed by atoms with Crippen molar-refractivity contribution in [2.75, 3.05) is 6.26 Å². The third-order valence-corrected chi connectivity index (χ3v) is 11.2. The molecule has 1 fully saturated rings. The Morgan fingerprint density at radius 3 is 2.48 bits per heavy atom. The summed E-state index contributed by atoms with van der Waals surface area (Å²) >= 11 is 6.66. The second-order valence-electron chi connectivity index (χ2n) is 15.4. The fraction of sp³-hybridized carbons (Fsp3) is 0.400. The molecule has 16 heteroatoms. The Bertz CT molecular complexity index is 2580. The van der Waals surface area contributed by atoms with E-state index in [0.29, 0.717) is 37.8 Å². The molecule has 0 spiro atoms. The molecule has 0 amide bonds. The number of fused-ring (bicyclic) bond motifs is 4. The van der Waals surface area contributed by atoms with Gasteiger partial charge >= 0.3 is 0 Å². The molecule has 2 aromatic carbocycles. The van der Waals surface area contributed by atoms with Gasteiger partial charge in [0.1, 0.15) is 35.0 Å². The average molecular weight is 814 g/mol. The molecule has 5 aromatic rings. The van der Waals surface area contributed by atoms with E-state index in [9.17, 15) is 31.5 Å². The summed E-state index contributed by atoms with van der Waals surface area (Å²) in [5.74, 6) is -2.14. The smallest absolute Gasteiger partial charge is 0.293 e. The van der Waals surface area contributed by atoms with Crippen LogP contribution in [-0.4, -0.2) is 55.7 Å². The van der Waals surface area contributed by atoms with Gasteiger partial charge in [-0.2, -0.15) is 19.0 Å². The van der Waals surface area contributed by atoms with Crippen molar-refractivity contribution in [3.8, 4) is 23.0 Å². The number of halogens is 6. The number of Topliss-reactive ketones (excluding diaryl/α,β-unsaturated/α-hetero) is 1. The molecule has 1 N–H and O–H groups in total. The van der Waals surface area contributed by atoms with Crippen molar-refractivity contribution in [1.82, 2.24) is 24.5 Å². The van der Waals surface area contributed by atoms with Crippen molar-refractivity contribution in [1.29, 1.82) is 0 Å². The Labute approximate surface area is 324 Å². The number of pyridine rings is 1. The van der Waals surface area contributed by atoms with E-state index in [4.69, 9.17) is 16.6 Å². The molecule has 0 radical (unpaired) electrons. The van der Waals surface area contributed by atoms with Gasteiger partial charge in [-0.25, -0.2) is 26.6 Å². The van der Waals surface area contributed by atoms with Crippen molar-refractivity contribution in [2.45, 2.75) is 82.1 Å². The number of rotatable bonds is 11. The Morgan fingerprint density at radius 2 is 1.82 bits per heavy atom. The molecule has 0 saturated heterocycles. The average Bonchev–Trinajstić information content (AvgIpc) is 3.62. The number of sulfone groups is 1. The summed E-state index contributed by atoms with van der Waals surface area (Å²) in [7, 11) is -1.92. The molecule has 7 rings (SSSR count). The molecule has 2 aliphatic rings. The van der Waals surface area contributed by atoms with E-state index in [1.807, 2.05) is 0 Å². The summed E-state index contributed by atoms with van der Waals surface area (Å²) in [5, 5.41) is 19.3. The fourth-order valence-corrected chi connectivity index (χ4v) is 8.85. The molecule has 294 valence electrons. The monoisotopic (exact) mass is 813 g/mol. The highest BCUT2D eigenvalue weighted by atomic mass is 35.5. The van der Waals surface area contributed by atoms with Crippen LogP contribution in [0.25, 0.3) is 22.0 Å². The molecular weight excluding hydrogens is 777 g/mol. The van der Waals surface area contributed by atoms with E-state index in [2.05, 4.69) is 22.0 Å². The minimum Gasteiger partial charge on any atom is -0.378 e. The van der Waals surface area contributed by atoms with Gasteiger partial charge in [-0.1, -0.05) is 29.7 Å². The zero-order chi connectivity index (χ0) is 40.6. The summed E-state index contributed by atoms with van der Waals surface area (Å²) in [6, 6.07) is 10.9. The number of hydrogen-bond acceptors (Lipinski definition) is 7. The van der Waals surface area contributed by atoms with Crippen LogP contribution in [0.2, 0.25) is 5.02 Å². The van der Waals surface area contributed by atoms with Gasteiger partial charge < -0.3 is 5.11 Å². The summed E-state index contributed by atoms with van der Waals surface area (Å²) in [6.45, 7) is 3.96. The van der Waals surface area contributed by atoms with Crippen LogP contribution in [0.15, 0.2) is 42.5 Å². The summed E-state index contributed by atoms with van der Waals surface area (Å²) < 4.78 is 101. The van der Waals surface area contributed by atoms with Gasteiger partial charge in [-0.3, -0.25) is 14.2 Å². The Hall–Kier alpha value is -4.65. The lowest BCUT2D eigenvalue weighted by atomic mass is 9.86. The highest BCUT2D eigenvalue weighted by Crippen LogP contribution is 2.68. The van der Waals surface area contributed by atoms with Crippen molar-refractivity contribution >= 4 is 38.1 Å².